The number of allylic oxidation sites excluding steroid dienone is 2. The van der Waals surface area contributed by atoms with Crippen molar-refractivity contribution >= 4 is 23.1 Å². The van der Waals surface area contributed by atoms with Crippen LogP contribution in [0.3, 0.4) is 0 Å². The van der Waals surface area contributed by atoms with Crippen molar-refractivity contribution in [3.8, 4) is 0 Å². The Morgan fingerprint density at radius 1 is 1.20 bits per heavy atom. The van der Waals surface area contributed by atoms with Gasteiger partial charge in [-0.05, 0) is 18.6 Å². The number of hydrogen-bond acceptors (Lipinski definition) is 0. The van der Waals surface area contributed by atoms with E-state index in [0.29, 0.717) is 0 Å². The van der Waals surface area contributed by atoms with Gasteiger partial charge in [0.2, 0.25) is 0 Å². The highest BCUT2D eigenvalue weighted by atomic mass is 14.9. The zero-order valence-electron chi connectivity index (χ0n) is 8.77. The van der Waals surface area contributed by atoms with E-state index in [4.69, 9.17) is 0 Å². The number of benzene rings is 1. The van der Waals surface area contributed by atoms with Crippen LogP contribution in [0, 0.1) is 0 Å². The summed E-state index contributed by atoms with van der Waals surface area (Å²) in [4.78, 5) is 0. The molecule has 0 amide bonds. The Kier molecular flexibility index (Phi) is 1.78. The van der Waals surface area contributed by atoms with E-state index >= 15 is 0 Å². The van der Waals surface area contributed by atoms with Crippen LogP contribution in [0.1, 0.15) is 6.42 Å². The molecule has 0 bridgehead atoms. The quantitative estimate of drug-likeness (QED) is 0.603. The number of fused-ring (bicyclic) bond motifs is 3. The average Bonchev–Trinajstić information content (AvgIpc) is 2.48. The smallest absolute Gasteiger partial charge is 0.0488 e. The molecule has 0 saturated carbocycles. The molecule has 0 fully saturated rings. The molecule has 1 aliphatic carbocycles. The molecule has 1 aromatic heterocycles. The van der Waals surface area contributed by atoms with Crippen molar-refractivity contribution in [3.63, 3.8) is 0 Å². The van der Waals surface area contributed by atoms with Crippen LogP contribution in [0.25, 0.3) is 23.1 Å². The second-order valence-electron chi connectivity index (χ2n) is 3.91. The van der Waals surface area contributed by atoms with E-state index in [-0.39, 0.29) is 0 Å². The molecule has 0 radical (unpaired) electrons. The summed E-state index contributed by atoms with van der Waals surface area (Å²) < 4.78 is 2.26. The maximum absolute atomic E-state index is 2.30. The molecule has 2 aromatic rings. The number of aromatic nitrogens is 1. The van der Waals surface area contributed by atoms with Crippen molar-refractivity contribution in [3.05, 3.63) is 47.0 Å². The molecular formula is C14H13N. The third-order valence-corrected chi connectivity index (χ3v) is 3.04. The molecule has 15 heavy (non-hydrogen) atoms. The van der Waals surface area contributed by atoms with Gasteiger partial charge in [0.1, 0.15) is 0 Å². The average molecular weight is 195 g/mol. The third kappa shape index (κ3) is 1.16. The maximum Gasteiger partial charge on any atom is 0.0488 e. The fourth-order valence-corrected chi connectivity index (χ4v) is 2.28. The fraction of sp³-hybridized carbons (Fsp3) is 0.143. The lowest BCUT2D eigenvalue weighted by atomic mass is 10.2. The fourth-order valence-electron chi connectivity index (χ4n) is 2.28. The SMILES string of the molecule is Cn1c2c(c3ccccc31)=CCC=CC=2. The summed E-state index contributed by atoms with van der Waals surface area (Å²) in [5.41, 5.74) is 1.31. The molecule has 1 nitrogen and oxygen atoms in total. The molecule has 1 aromatic carbocycles. The second kappa shape index (κ2) is 3.13. The Bertz CT molecular complexity index is 656. The Labute approximate surface area is 88.6 Å². The van der Waals surface area contributed by atoms with E-state index in [2.05, 4.69) is 60.2 Å². The van der Waals surface area contributed by atoms with Crippen LogP contribution in [-0.2, 0) is 7.05 Å². The first kappa shape index (κ1) is 8.54. The molecule has 0 N–H and O–H groups in total. The summed E-state index contributed by atoms with van der Waals surface area (Å²) in [7, 11) is 2.13. The highest BCUT2D eigenvalue weighted by Crippen LogP contribution is 2.07. The number of aryl methyl sites for hydroxylation is 1. The lowest BCUT2D eigenvalue weighted by Gasteiger charge is -1.94. The molecule has 3 rings (SSSR count). The van der Waals surface area contributed by atoms with Crippen LogP contribution in [0.2, 0.25) is 0 Å². The van der Waals surface area contributed by atoms with Gasteiger partial charge >= 0.3 is 0 Å². The normalized spacial score (nSPS) is 14.2. The van der Waals surface area contributed by atoms with Gasteiger partial charge in [-0.1, -0.05) is 36.4 Å². The van der Waals surface area contributed by atoms with Crippen LogP contribution in [0.15, 0.2) is 36.4 Å². The van der Waals surface area contributed by atoms with Crippen molar-refractivity contribution < 1.29 is 0 Å². The van der Waals surface area contributed by atoms with Gasteiger partial charge in [0.15, 0.2) is 0 Å². The first-order valence-electron chi connectivity index (χ1n) is 5.28. The summed E-state index contributed by atoms with van der Waals surface area (Å²) >= 11 is 0. The van der Waals surface area contributed by atoms with E-state index in [1.54, 1.807) is 0 Å². The van der Waals surface area contributed by atoms with E-state index in [9.17, 15) is 0 Å². The van der Waals surface area contributed by atoms with Crippen LogP contribution < -0.4 is 10.6 Å². The van der Waals surface area contributed by atoms with Gasteiger partial charge in [-0.15, -0.1) is 0 Å². The highest BCUT2D eigenvalue weighted by molar-refractivity contribution is 5.82. The minimum atomic E-state index is 1.03. The maximum atomic E-state index is 2.30. The van der Waals surface area contributed by atoms with Crippen molar-refractivity contribution in [2.75, 3.05) is 0 Å². The van der Waals surface area contributed by atoms with Gasteiger partial charge in [0.05, 0.1) is 0 Å². The monoisotopic (exact) mass is 195 g/mol. The Balaban J connectivity index is 2.64. The first-order valence-corrected chi connectivity index (χ1v) is 5.28. The summed E-state index contributed by atoms with van der Waals surface area (Å²) in [6.07, 6.45) is 9.85. The topological polar surface area (TPSA) is 4.93 Å². The number of hydrogen-bond donors (Lipinski definition) is 0. The zero-order chi connectivity index (χ0) is 10.3. The van der Waals surface area contributed by atoms with E-state index in [0.717, 1.165) is 6.42 Å². The summed E-state index contributed by atoms with van der Waals surface area (Å²) in [5, 5.41) is 4.04. The van der Waals surface area contributed by atoms with E-state index in [1.165, 1.54) is 21.5 Å². The molecule has 1 heterocycles. The van der Waals surface area contributed by atoms with Crippen molar-refractivity contribution in [1.29, 1.82) is 0 Å². The number of para-hydroxylation sites is 1. The molecule has 1 heteroatoms. The molecule has 0 saturated heterocycles. The van der Waals surface area contributed by atoms with Crippen molar-refractivity contribution in [1.82, 2.24) is 4.57 Å². The Hall–Kier alpha value is -1.76. The van der Waals surface area contributed by atoms with Crippen LogP contribution in [0.5, 0.6) is 0 Å². The van der Waals surface area contributed by atoms with Gasteiger partial charge in [-0.2, -0.15) is 0 Å². The lowest BCUT2D eigenvalue weighted by Crippen LogP contribution is -2.26. The molecule has 0 unspecified atom stereocenters. The van der Waals surface area contributed by atoms with Gasteiger partial charge in [-0.25, -0.2) is 0 Å². The number of rotatable bonds is 0. The number of nitrogens with zero attached hydrogens (tertiary/aromatic N) is 1. The minimum absolute atomic E-state index is 1.03. The standard InChI is InChI=1S/C14H13N/c1-15-13-9-4-2-3-7-11(13)12-8-5-6-10-14(12)15/h2,4-10H,3H2,1H3. The zero-order valence-corrected chi connectivity index (χ0v) is 8.77. The predicted molar refractivity (Wildman–Crippen MR) is 64.9 cm³/mol. The molecule has 74 valence electrons. The first-order chi connectivity index (χ1) is 7.38. The highest BCUT2D eigenvalue weighted by Gasteiger charge is 2.03. The molecular weight excluding hydrogens is 182 g/mol. The molecule has 0 spiro atoms. The predicted octanol–water partition coefficient (Wildman–Crippen LogP) is 1.70. The summed E-state index contributed by atoms with van der Waals surface area (Å²) in [6.45, 7) is 0. The minimum Gasteiger partial charge on any atom is -0.344 e. The van der Waals surface area contributed by atoms with Gasteiger partial charge < -0.3 is 4.57 Å². The molecule has 0 atom stereocenters. The van der Waals surface area contributed by atoms with Gasteiger partial charge in [-0.3, -0.25) is 0 Å². The summed E-state index contributed by atoms with van der Waals surface area (Å²) in [5.74, 6) is 0. The Morgan fingerprint density at radius 2 is 2.07 bits per heavy atom. The van der Waals surface area contributed by atoms with Crippen molar-refractivity contribution in [2.45, 2.75) is 6.42 Å². The Morgan fingerprint density at radius 3 is 3.00 bits per heavy atom. The molecule has 0 aliphatic heterocycles. The third-order valence-electron chi connectivity index (χ3n) is 3.04. The molecule has 1 aliphatic rings. The van der Waals surface area contributed by atoms with E-state index in [1.807, 2.05) is 0 Å². The van der Waals surface area contributed by atoms with Crippen LogP contribution >= 0.6 is 0 Å². The lowest BCUT2D eigenvalue weighted by molar-refractivity contribution is 0.925. The van der Waals surface area contributed by atoms with Gasteiger partial charge in [0.25, 0.3) is 0 Å². The largest absolute Gasteiger partial charge is 0.344 e. The van der Waals surface area contributed by atoms with Gasteiger partial charge in [0, 0.05) is 28.5 Å². The second-order valence-corrected chi connectivity index (χ2v) is 3.91. The van der Waals surface area contributed by atoms with Crippen LogP contribution in [-0.4, -0.2) is 4.57 Å². The van der Waals surface area contributed by atoms with E-state index < -0.39 is 0 Å². The summed E-state index contributed by atoms with van der Waals surface area (Å²) in [6, 6.07) is 8.57. The van der Waals surface area contributed by atoms with Crippen LogP contribution in [0.4, 0.5) is 0 Å². The van der Waals surface area contributed by atoms with Crippen molar-refractivity contribution in [2.24, 2.45) is 7.05 Å².